The summed E-state index contributed by atoms with van der Waals surface area (Å²) in [6, 6.07) is 0. The molecule has 0 spiro atoms. The number of amides is 1. The van der Waals surface area contributed by atoms with Gasteiger partial charge in [-0.2, -0.15) is 11.8 Å². The van der Waals surface area contributed by atoms with E-state index in [2.05, 4.69) is 4.85 Å². The first kappa shape index (κ1) is 19.0. The van der Waals surface area contributed by atoms with E-state index in [1.165, 1.54) is 11.8 Å². The molecule has 0 fully saturated rings. The molecular formula is C15H26N2O2S. The van der Waals surface area contributed by atoms with E-state index in [0.717, 1.165) is 0 Å². The van der Waals surface area contributed by atoms with Gasteiger partial charge in [0.2, 0.25) is 11.4 Å². The van der Waals surface area contributed by atoms with Gasteiger partial charge in [0.1, 0.15) is 5.78 Å². The summed E-state index contributed by atoms with van der Waals surface area (Å²) < 4.78 is 0. The lowest BCUT2D eigenvalue weighted by molar-refractivity contribution is -0.121. The van der Waals surface area contributed by atoms with Gasteiger partial charge in [-0.3, -0.25) is 9.59 Å². The number of nitrogens with zero attached hydrogens (tertiary/aromatic N) is 1. The van der Waals surface area contributed by atoms with Gasteiger partial charge in [-0.1, -0.05) is 20.8 Å². The van der Waals surface area contributed by atoms with Crippen molar-refractivity contribution in [3.8, 4) is 0 Å². The van der Waals surface area contributed by atoms with Gasteiger partial charge in [0.15, 0.2) is 0 Å². The van der Waals surface area contributed by atoms with Crippen LogP contribution in [0.1, 0.15) is 53.4 Å². The Labute approximate surface area is 126 Å². The number of hydrogen-bond donors (Lipinski definition) is 1. The van der Waals surface area contributed by atoms with Crippen LogP contribution in [0.25, 0.3) is 4.85 Å². The largest absolute Gasteiger partial charge is 0.369 e. The molecule has 0 bridgehead atoms. The molecule has 0 aliphatic carbocycles. The summed E-state index contributed by atoms with van der Waals surface area (Å²) in [6.07, 6.45) is 3.59. The average Bonchev–Trinajstić information content (AvgIpc) is 2.31. The Morgan fingerprint density at radius 3 is 2.20 bits per heavy atom. The number of ketones is 1. The molecule has 0 aliphatic rings. The molecule has 5 heteroatoms. The second-order valence-corrected chi connectivity index (χ2v) is 7.76. The van der Waals surface area contributed by atoms with E-state index < -0.39 is 11.4 Å². The highest BCUT2D eigenvalue weighted by Crippen LogP contribution is 2.29. The van der Waals surface area contributed by atoms with Gasteiger partial charge in [0.05, 0.1) is 5.25 Å². The summed E-state index contributed by atoms with van der Waals surface area (Å²) in [6.45, 7) is 15.2. The van der Waals surface area contributed by atoms with E-state index in [0.29, 0.717) is 25.7 Å². The van der Waals surface area contributed by atoms with E-state index >= 15 is 0 Å². The highest BCUT2D eigenvalue weighted by molar-refractivity contribution is 7.99. The Morgan fingerprint density at radius 1 is 1.30 bits per heavy atom. The molecule has 0 heterocycles. The highest BCUT2D eigenvalue weighted by atomic mass is 32.2. The summed E-state index contributed by atoms with van der Waals surface area (Å²) in [5.74, 6) is -0.222. The van der Waals surface area contributed by atoms with Crippen molar-refractivity contribution in [3.63, 3.8) is 0 Å². The van der Waals surface area contributed by atoms with Crippen LogP contribution in [-0.4, -0.2) is 28.7 Å². The summed E-state index contributed by atoms with van der Waals surface area (Å²) in [7, 11) is 0. The molecule has 114 valence electrons. The van der Waals surface area contributed by atoms with E-state index in [-0.39, 0.29) is 16.4 Å². The lowest BCUT2D eigenvalue weighted by Crippen LogP contribution is -2.34. The van der Waals surface area contributed by atoms with E-state index in [1.54, 1.807) is 6.92 Å². The van der Waals surface area contributed by atoms with Crippen molar-refractivity contribution in [3.05, 3.63) is 11.4 Å². The summed E-state index contributed by atoms with van der Waals surface area (Å²) in [4.78, 5) is 26.8. The van der Waals surface area contributed by atoms with Gasteiger partial charge < -0.3 is 10.6 Å². The molecule has 0 rings (SSSR count). The number of hydrogen-bond acceptors (Lipinski definition) is 3. The number of carbonyl (C=O) groups excluding carboxylic acids is 2. The molecule has 2 atom stereocenters. The van der Waals surface area contributed by atoms with Crippen molar-refractivity contribution in [1.82, 2.24) is 0 Å². The van der Waals surface area contributed by atoms with Crippen molar-refractivity contribution in [2.24, 2.45) is 11.1 Å². The molecule has 0 aliphatic heterocycles. The second kappa shape index (κ2) is 7.68. The van der Waals surface area contributed by atoms with Gasteiger partial charge >= 0.3 is 0 Å². The smallest absolute Gasteiger partial charge is 0.231 e. The number of carbonyl (C=O) groups is 2. The van der Waals surface area contributed by atoms with E-state index in [4.69, 9.17) is 12.3 Å². The molecule has 0 aromatic carbocycles. The van der Waals surface area contributed by atoms with E-state index in [1.807, 2.05) is 27.0 Å². The first-order valence-electron chi connectivity index (χ1n) is 6.75. The van der Waals surface area contributed by atoms with Crippen LogP contribution in [0.15, 0.2) is 0 Å². The normalized spacial score (nSPS) is 16.0. The minimum Gasteiger partial charge on any atom is -0.369 e. The Hall–Kier alpha value is -1.02. The van der Waals surface area contributed by atoms with Crippen molar-refractivity contribution < 1.29 is 9.59 Å². The third-order valence-corrected chi connectivity index (χ3v) is 4.13. The quantitative estimate of drug-likeness (QED) is 0.700. The molecule has 0 radical (unpaired) electrons. The minimum absolute atomic E-state index is 0.0272. The summed E-state index contributed by atoms with van der Waals surface area (Å²) >= 11 is 1.36. The van der Waals surface area contributed by atoms with Crippen molar-refractivity contribution >= 4 is 23.5 Å². The predicted octanol–water partition coefficient (Wildman–Crippen LogP) is 3.06. The predicted molar refractivity (Wildman–Crippen MR) is 84.4 cm³/mol. The number of nitrogens with two attached hydrogens (primary N) is 1. The van der Waals surface area contributed by atoms with Crippen molar-refractivity contribution in [2.75, 3.05) is 6.26 Å². The van der Waals surface area contributed by atoms with Crippen LogP contribution < -0.4 is 5.73 Å². The fourth-order valence-corrected chi connectivity index (χ4v) is 2.75. The van der Waals surface area contributed by atoms with Crippen LogP contribution in [0.3, 0.4) is 0 Å². The number of thioether (sulfide) groups is 1. The first-order valence-corrected chi connectivity index (χ1v) is 8.04. The fourth-order valence-electron chi connectivity index (χ4n) is 1.99. The summed E-state index contributed by atoms with van der Waals surface area (Å²) in [5, 5.41) is -0.369. The highest BCUT2D eigenvalue weighted by Gasteiger charge is 2.36. The Balaban J connectivity index is 4.57. The van der Waals surface area contributed by atoms with Crippen LogP contribution in [0, 0.1) is 12.0 Å². The maximum atomic E-state index is 11.9. The van der Waals surface area contributed by atoms with Crippen LogP contribution in [0.4, 0.5) is 0 Å². The maximum absolute atomic E-state index is 11.9. The van der Waals surface area contributed by atoms with Gasteiger partial charge in [0.25, 0.3) is 0 Å². The molecule has 4 nitrogen and oxygen atoms in total. The van der Waals surface area contributed by atoms with Gasteiger partial charge in [-0.15, -0.1) is 0 Å². The zero-order valence-corrected chi connectivity index (χ0v) is 14.0. The Morgan fingerprint density at radius 2 is 1.85 bits per heavy atom. The third-order valence-electron chi connectivity index (χ3n) is 3.17. The standard InChI is InChI=1S/C15H26N2O2S/c1-14(2,3)9-11(18)7-8-15(4,17-5)10-12(20-6)13(16)19/h12H,7-10H2,1-4,6H3,(H2,16,19). The van der Waals surface area contributed by atoms with Gasteiger partial charge in [-0.25, -0.2) is 6.57 Å². The topological polar surface area (TPSA) is 64.5 Å². The van der Waals surface area contributed by atoms with E-state index in [9.17, 15) is 9.59 Å². The van der Waals surface area contributed by atoms with Crippen molar-refractivity contribution in [1.29, 1.82) is 0 Å². The third kappa shape index (κ3) is 7.54. The van der Waals surface area contributed by atoms with Crippen LogP contribution in [-0.2, 0) is 9.59 Å². The first-order chi connectivity index (χ1) is 9.03. The lowest BCUT2D eigenvalue weighted by atomic mass is 9.85. The van der Waals surface area contributed by atoms with Crippen LogP contribution in [0.2, 0.25) is 0 Å². The molecular weight excluding hydrogens is 272 g/mol. The molecule has 0 aromatic rings. The zero-order valence-electron chi connectivity index (χ0n) is 13.2. The molecule has 2 N–H and O–H groups in total. The molecule has 20 heavy (non-hydrogen) atoms. The van der Waals surface area contributed by atoms with Crippen LogP contribution >= 0.6 is 11.8 Å². The minimum atomic E-state index is -0.698. The summed E-state index contributed by atoms with van der Waals surface area (Å²) in [5.41, 5.74) is 4.59. The van der Waals surface area contributed by atoms with Crippen LogP contribution in [0.5, 0.6) is 0 Å². The lowest BCUT2D eigenvalue weighted by Gasteiger charge is -2.22. The maximum Gasteiger partial charge on any atom is 0.231 e. The molecule has 0 aromatic heterocycles. The number of Topliss-reactive ketones (excluding diaryl/α,β-unsaturated/α-hetero) is 1. The SMILES string of the molecule is [C-]#[N+]C(C)(CCC(=O)CC(C)(C)C)CC(SC)C(N)=O. The number of primary amides is 1. The monoisotopic (exact) mass is 298 g/mol. The van der Waals surface area contributed by atoms with Gasteiger partial charge in [0, 0.05) is 32.6 Å². The Kier molecular flexibility index (Phi) is 7.29. The second-order valence-electron chi connectivity index (χ2n) is 6.72. The average molecular weight is 298 g/mol. The van der Waals surface area contributed by atoms with Crippen molar-refractivity contribution in [2.45, 2.75) is 64.2 Å². The molecule has 2 unspecified atom stereocenters. The molecule has 0 saturated heterocycles. The molecule has 1 amide bonds. The number of rotatable bonds is 8. The van der Waals surface area contributed by atoms with Gasteiger partial charge in [-0.05, 0) is 11.7 Å². The molecule has 0 saturated carbocycles. The zero-order chi connectivity index (χ0) is 16.0. The Bertz CT molecular complexity index is 396. The fraction of sp³-hybridized carbons (Fsp3) is 0.800.